The predicted molar refractivity (Wildman–Crippen MR) is 62.3 cm³/mol. The van der Waals surface area contributed by atoms with Gasteiger partial charge in [-0.05, 0) is 24.0 Å². The number of hydrogen-bond donors (Lipinski definition) is 1. The minimum atomic E-state index is -4.22. The summed E-state index contributed by atoms with van der Waals surface area (Å²) < 4.78 is 32.9. The third-order valence-electron chi connectivity index (χ3n) is 2.64. The van der Waals surface area contributed by atoms with Crippen molar-refractivity contribution in [3.63, 3.8) is 0 Å². The van der Waals surface area contributed by atoms with Gasteiger partial charge in [0.25, 0.3) is 10.1 Å². The molecule has 1 atom stereocenters. The van der Waals surface area contributed by atoms with Crippen LogP contribution in [0.4, 0.5) is 5.69 Å². The molecule has 0 saturated carbocycles. The Kier molecular flexibility index (Phi) is 2.86. The van der Waals surface area contributed by atoms with Crippen LogP contribution in [0.3, 0.4) is 0 Å². The minimum absolute atomic E-state index is 0.119. The Hall–Kier alpha value is -0.780. The highest BCUT2D eigenvalue weighted by Crippen LogP contribution is 2.36. The number of benzene rings is 1. The Morgan fingerprint density at radius 3 is 2.81 bits per heavy atom. The van der Waals surface area contributed by atoms with E-state index in [-0.39, 0.29) is 4.90 Å². The second kappa shape index (κ2) is 3.91. The Morgan fingerprint density at radius 2 is 2.19 bits per heavy atom. The maximum Gasteiger partial charge on any atom is 0.296 e. The van der Waals surface area contributed by atoms with Gasteiger partial charge in [0.1, 0.15) is 4.90 Å². The molecule has 1 N–H and O–H groups in total. The van der Waals surface area contributed by atoms with Gasteiger partial charge in [-0.1, -0.05) is 19.1 Å². The Morgan fingerprint density at radius 1 is 1.50 bits per heavy atom. The first-order valence-electron chi connectivity index (χ1n) is 4.92. The van der Waals surface area contributed by atoms with E-state index in [4.69, 9.17) is 16.3 Å². The topological polar surface area (TPSA) is 57.6 Å². The molecule has 0 aromatic heterocycles. The Balaban J connectivity index is 2.64. The molecule has 0 radical (unpaired) electrons. The van der Waals surface area contributed by atoms with E-state index in [1.165, 1.54) is 10.5 Å². The molecule has 88 valence electrons. The first kappa shape index (κ1) is 11.7. The number of halogens is 1. The first-order valence-corrected chi connectivity index (χ1v) is 6.70. The van der Waals surface area contributed by atoms with Gasteiger partial charge in [-0.3, -0.25) is 8.97 Å². The fourth-order valence-corrected chi connectivity index (χ4v) is 3.24. The summed E-state index contributed by atoms with van der Waals surface area (Å²) in [7, 11) is -4.22. The van der Waals surface area contributed by atoms with Crippen molar-refractivity contribution in [1.29, 1.82) is 0 Å². The third-order valence-corrected chi connectivity index (χ3v) is 3.84. The van der Waals surface area contributed by atoms with E-state index in [9.17, 15) is 8.42 Å². The van der Waals surface area contributed by atoms with Gasteiger partial charge < -0.3 is 0 Å². The lowest BCUT2D eigenvalue weighted by Gasteiger charge is -2.30. The van der Waals surface area contributed by atoms with Crippen molar-refractivity contribution < 1.29 is 13.0 Å². The average molecular weight is 262 g/mol. The van der Waals surface area contributed by atoms with Crippen LogP contribution in [0.2, 0.25) is 0 Å². The van der Waals surface area contributed by atoms with E-state index >= 15 is 0 Å². The molecule has 0 fully saturated rings. The lowest BCUT2D eigenvalue weighted by atomic mass is 9.96. The smallest absolute Gasteiger partial charge is 0.283 e. The molecule has 2 rings (SSSR count). The zero-order valence-electron chi connectivity index (χ0n) is 8.72. The molecule has 1 aliphatic rings. The van der Waals surface area contributed by atoms with Crippen LogP contribution in [0, 0.1) is 5.92 Å². The molecule has 0 amide bonds. The fourth-order valence-electron chi connectivity index (χ4n) is 2.02. The van der Waals surface area contributed by atoms with Crippen molar-refractivity contribution in [2.45, 2.75) is 18.2 Å². The van der Waals surface area contributed by atoms with Gasteiger partial charge in [0, 0.05) is 18.3 Å². The van der Waals surface area contributed by atoms with Crippen LogP contribution < -0.4 is 4.42 Å². The van der Waals surface area contributed by atoms with Crippen molar-refractivity contribution in [2.75, 3.05) is 11.0 Å². The summed E-state index contributed by atoms with van der Waals surface area (Å²) in [5.74, 6) is 0.363. The van der Waals surface area contributed by atoms with Gasteiger partial charge in [0.15, 0.2) is 0 Å². The molecule has 0 bridgehead atoms. The predicted octanol–water partition coefficient (Wildman–Crippen LogP) is 2.09. The van der Waals surface area contributed by atoms with E-state index in [1.807, 2.05) is 13.0 Å². The van der Waals surface area contributed by atoms with Crippen LogP contribution in [0.1, 0.15) is 12.5 Å². The van der Waals surface area contributed by atoms with E-state index in [1.54, 1.807) is 6.07 Å². The summed E-state index contributed by atoms with van der Waals surface area (Å²) >= 11 is 6.01. The quantitative estimate of drug-likeness (QED) is 0.621. The number of para-hydroxylation sites is 1. The standard InChI is InChI=1S/C10H12ClNO3S/c1-7-5-8-3-2-4-9(16(13,14)15)10(8)12(11)6-7/h2-4,7H,5-6H2,1H3,(H,13,14,15). The molecule has 1 heterocycles. The molecule has 0 aliphatic carbocycles. The minimum Gasteiger partial charge on any atom is -0.283 e. The van der Waals surface area contributed by atoms with Crippen LogP contribution in [-0.4, -0.2) is 19.5 Å². The van der Waals surface area contributed by atoms with E-state index in [2.05, 4.69) is 0 Å². The summed E-state index contributed by atoms with van der Waals surface area (Å²) in [6.45, 7) is 2.61. The SMILES string of the molecule is CC1Cc2cccc(S(=O)(=O)O)c2N(Cl)C1. The normalized spacial score (nSPS) is 20.7. The molecule has 1 aliphatic heterocycles. The van der Waals surface area contributed by atoms with Crippen LogP contribution in [-0.2, 0) is 16.5 Å². The third kappa shape index (κ3) is 2.03. The second-order valence-corrected chi connectivity index (χ2v) is 5.89. The fraction of sp³-hybridized carbons (Fsp3) is 0.400. The van der Waals surface area contributed by atoms with E-state index in [0.29, 0.717) is 18.2 Å². The van der Waals surface area contributed by atoms with Gasteiger partial charge in [0.05, 0.1) is 5.69 Å². The van der Waals surface area contributed by atoms with Crippen molar-refractivity contribution in [1.82, 2.24) is 0 Å². The van der Waals surface area contributed by atoms with Crippen LogP contribution in [0.15, 0.2) is 23.1 Å². The van der Waals surface area contributed by atoms with Crippen LogP contribution in [0.25, 0.3) is 0 Å². The van der Waals surface area contributed by atoms with Crippen molar-refractivity contribution in [3.05, 3.63) is 23.8 Å². The van der Waals surface area contributed by atoms with Crippen LogP contribution >= 0.6 is 11.8 Å². The summed E-state index contributed by atoms with van der Waals surface area (Å²) in [5.41, 5.74) is 1.26. The summed E-state index contributed by atoms with van der Waals surface area (Å²) in [5, 5.41) is 0. The van der Waals surface area contributed by atoms with E-state index < -0.39 is 10.1 Å². The van der Waals surface area contributed by atoms with Crippen molar-refractivity contribution in [3.8, 4) is 0 Å². The molecular weight excluding hydrogens is 250 g/mol. The lowest BCUT2D eigenvalue weighted by Crippen LogP contribution is -2.28. The monoisotopic (exact) mass is 261 g/mol. The molecule has 6 heteroatoms. The lowest BCUT2D eigenvalue weighted by molar-refractivity contribution is 0.482. The van der Waals surface area contributed by atoms with Crippen LogP contribution in [0.5, 0.6) is 0 Å². The molecule has 0 spiro atoms. The Bertz CT molecular complexity index is 515. The number of fused-ring (bicyclic) bond motifs is 1. The highest BCUT2D eigenvalue weighted by Gasteiger charge is 2.27. The molecule has 1 aromatic rings. The zero-order valence-corrected chi connectivity index (χ0v) is 10.3. The molecule has 1 aromatic carbocycles. The van der Waals surface area contributed by atoms with Gasteiger partial charge in [-0.25, -0.2) is 0 Å². The summed E-state index contributed by atoms with van der Waals surface area (Å²) in [6.07, 6.45) is 0.766. The summed E-state index contributed by atoms with van der Waals surface area (Å²) in [4.78, 5) is -0.119. The second-order valence-electron chi connectivity index (χ2n) is 4.09. The van der Waals surface area contributed by atoms with Crippen molar-refractivity contribution in [2.24, 2.45) is 5.92 Å². The molecule has 0 saturated heterocycles. The zero-order chi connectivity index (χ0) is 11.9. The first-order chi connectivity index (χ1) is 7.39. The molecular formula is C10H12ClNO3S. The highest BCUT2D eigenvalue weighted by molar-refractivity contribution is 7.86. The average Bonchev–Trinajstić information content (AvgIpc) is 2.14. The number of rotatable bonds is 1. The largest absolute Gasteiger partial charge is 0.296 e. The number of anilines is 1. The van der Waals surface area contributed by atoms with Gasteiger partial charge in [0.2, 0.25) is 0 Å². The number of hydrogen-bond acceptors (Lipinski definition) is 3. The van der Waals surface area contributed by atoms with Gasteiger partial charge in [-0.2, -0.15) is 8.42 Å². The summed E-state index contributed by atoms with van der Waals surface area (Å²) in [6, 6.07) is 4.80. The molecule has 16 heavy (non-hydrogen) atoms. The molecule has 1 unspecified atom stereocenters. The number of nitrogens with zero attached hydrogens (tertiary/aromatic N) is 1. The maximum absolute atomic E-state index is 11.2. The highest BCUT2D eigenvalue weighted by atomic mass is 35.5. The molecule has 4 nitrogen and oxygen atoms in total. The van der Waals surface area contributed by atoms with Crippen molar-refractivity contribution >= 4 is 27.6 Å². The maximum atomic E-state index is 11.2. The van der Waals surface area contributed by atoms with Gasteiger partial charge in [-0.15, -0.1) is 0 Å². The van der Waals surface area contributed by atoms with E-state index in [0.717, 1.165) is 12.0 Å². The Labute approximate surface area is 99.7 Å². The van der Waals surface area contributed by atoms with Gasteiger partial charge >= 0.3 is 0 Å².